The van der Waals surface area contributed by atoms with E-state index < -0.39 is 0 Å². The van der Waals surface area contributed by atoms with E-state index in [-0.39, 0.29) is 12.0 Å². The fourth-order valence-electron chi connectivity index (χ4n) is 2.16. The van der Waals surface area contributed by atoms with Crippen LogP contribution in [-0.2, 0) is 16.0 Å². The van der Waals surface area contributed by atoms with E-state index in [9.17, 15) is 4.79 Å². The van der Waals surface area contributed by atoms with Crippen LogP contribution in [0.3, 0.4) is 0 Å². The topological polar surface area (TPSA) is 65.2 Å². The third-order valence-electron chi connectivity index (χ3n) is 3.42. The predicted octanol–water partition coefficient (Wildman–Crippen LogP) is 2.63. The van der Waals surface area contributed by atoms with E-state index in [4.69, 9.17) is 5.73 Å². The molecule has 2 aromatic rings. The van der Waals surface area contributed by atoms with E-state index in [1.165, 1.54) is 12.7 Å². The zero-order valence-corrected chi connectivity index (χ0v) is 12.2. The standard InChI is InChI=1S/C17H20N2O2/c1-21-16(20)7-4-5-13-8-10-14(11-9-13)17(18)15-6-2-3-12-19-15/h2-3,6,8-12,17H,4-5,7,18H2,1H3. The van der Waals surface area contributed by atoms with E-state index in [1.807, 2.05) is 30.3 Å². The zero-order valence-electron chi connectivity index (χ0n) is 12.2. The van der Waals surface area contributed by atoms with Crippen LogP contribution in [0.1, 0.15) is 35.7 Å². The smallest absolute Gasteiger partial charge is 0.305 e. The van der Waals surface area contributed by atoms with Crippen LogP contribution in [0, 0.1) is 0 Å². The number of ether oxygens (including phenoxy) is 1. The Bertz CT molecular complexity index is 567. The van der Waals surface area contributed by atoms with Gasteiger partial charge in [-0.3, -0.25) is 9.78 Å². The zero-order chi connectivity index (χ0) is 15.1. The van der Waals surface area contributed by atoms with Crippen LogP contribution in [0.4, 0.5) is 0 Å². The van der Waals surface area contributed by atoms with E-state index in [2.05, 4.69) is 21.9 Å². The molecule has 0 saturated heterocycles. The fraction of sp³-hybridized carbons (Fsp3) is 0.294. The van der Waals surface area contributed by atoms with E-state index >= 15 is 0 Å². The van der Waals surface area contributed by atoms with Crippen molar-refractivity contribution >= 4 is 5.97 Å². The summed E-state index contributed by atoms with van der Waals surface area (Å²) in [5.41, 5.74) is 9.28. The molecule has 0 aliphatic carbocycles. The van der Waals surface area contributed by atoms with Crippen molar-refractivity contribution in [2.24, 2.45) is 5.73 Å². The molecule has 0 saturated carbocycles. The molecule has 0 radical (unpaired) electrons. The van der Waals surface area contributed by atoms with Crippen molar-refractivity contribution in [1.29, 1.82) is 0 Å². The molecule has 0 bridgehead atoms. The maximum atomic E-state index is 11.1. The number of aromatic nitrogens is 1. The van der Waals surface area contributed by atoms with Gasteiger partial charge in [-0.05, 0) is 36.1 Å². The number of methoxy groups -OCH3 is 1. The van der Waals surface area contributed by atoms with Gasteiger partial charge in [0.2, 0.25) is 0 Å². The lowest BCUT2D eigenvalue weighted by Crippen LogP contribution is -2.13. The molecule has 0 fully saturated rings. The number of nitrogens with two attached hydrogens (primary N) is 1. The van der Waals surface area contributed by atoms with E-state index in [0.717, 1.165) is 24.1 Å². The third kappa shape index (κ3) is 4.39. The van der Waals surface area contributed by atoms with Crippen LogP contribution < -0.4 is 5.73 Å². The minimum absolute atomic E-state index is 0.163. The number of hydrogen-bond donors (Lipinski definition) is 1. The number of carbonyl (C=O) groups is 1. The average molecular weight is 284 g/mol. The number of benzene rings is 1. The average Bonchev–Trinajstić information content (AvgIpc) is 2.55. The second-order valence-electron chi connectivity index (χ2n) is 4.90. The highest BCUT2D eigenvalue weighted by molar-refractivity contribution is 5.69. The maximum absolute atomic E-state index is 11.1. The molecule has 110 valence electrons. The SMILES string of the molecule is COC(=O)CCCc1ccc(C(N)c2ccccn2)cc1. The summed E-state index contributed by atoms with van der Waals surface area (Å²) in [6.07, 6.45) is 3.84. The maximum Gasteiger partial charge on any atom is 0.305 e. The molecule has 0 aliphatic heterocycles. The molecule has 0 amide bonds. The lowest BCUT2D eigenvalue weighted by atomic mass is 10.0. The highest BCUT2D eigenvalue weighted by atomic mass is 16.5. The van der Waals surface area contributed by atoms with Crippen LogP contribution in [0.25, 0.3) is 0 Å². The normalized spacial score (nSPS) is 11.9. The molecule has 1 atom stereocenters. The third-order valence-corrected chi connectivity index (χ3v) is 3.42. The summed E-state index contributed by atoms with van der Waals surface area (Å²) in [6, 6.07) is 13.7. The van der Waals surface area contributed by atoms with Gasteiger partial charge in [0.15, 0.2) is 0 Å². The number of pyridine rings is 1. The molecular formula is C17H20N2O2. The van der Waals surface area contributed by atoms with E-state index in [0.29, 0.717) is 6.42 Å². The van der Waals surface area contributed by atoms with Gasteiger partial charge in [-0.25, -0.2) is 0 Å². The lowest BCUT2D eigenvalue weighted by Gasteiger charge is -2.12. The number of hydrogen-bond acceptors (Lipinski definition) is 4. The number of carbonyl (C=O) groups excluding carboxylic acids is 1. The second kappa shape index (κ2) is 7.55. The van der Waals surface area contributed by atoms with Gasteiger partial charge in [-0.1, -0.05) is 30.3 Å². The Morgan fingerprint density at radius 1 is 1.24 bits per heavy atom. The van der Waals surface area contributed by atoms with Crippen molar-refractivity contribution in [1.82, 2.24) is 4.98 Å². The molecule has 4 nitrogen and oxygen atoms in total. The first-order valence-corrected chi connectivity index (χ1v) is 7.03. The minimum atomic E-state index is -0.213. The molecule has 4 heteroatoms. The number of aryl methyl sites for hydroxylation is 1. The molecule has 21 heavy (non-hydrogen) atoms. The Morgan fingerprint density at radius 2 is 2.00 bits per heavy atom. The Balaban J connectivity index is 1.94. The van der Waals surface area contributed by atoms with Crippen molar-refractivity contribution in [3.63, 3.8) is 0 Å². The summed E-state index contributed by atoms with van der Waals surface area (Å²) in [5.74, 6) is -0.163. The van der Waals surface area contributed by atoms with Crippen molar-refractivity contribution < 1.29 is 9.53 Å². The summed E-state index contributed by atoms with van der Waals surface area (Å²) in [4.78, 5) is 15.3. The van der Waals surface area contributed by atoms with Crippen molar-refractivity contribution in [2.75, 3.05) is 7.11 Å². The lowest BCUT2D eigenvalue weighted by molar-refractivity contribution is -0.140. The van der Waals surface area contributed by atoms with Crippen LogP contribution >= 0.6 is 0 Å². The van der Waals surface area contributed by atoms with Crippen molar-refractivity contribution in [3.05, 3.63) is 65.5 Å². The Morgan fingerprint density at radius 3 is 2.62 bits per heavy atom. The monoisotopic (exact) mass is 284 g/mol. The van der Waals surface area contributed by atoms with Crippen molar-refractivity contribution in [2.45, 2.75) is 25.3 Å². The van der Waals surface area contributed by atoms with Gasteiger partial charge >= 0.3 is 5.97 Å². The summed E-state index contributed by atoms with van der Waals surface area (Å²) < 4.78 is 4.63. The molecule has 0 spiro atoms. The van der Waals surface area contributed by atoms with Gasteiger partial charge in [0.25, 0.3) is 0 Å². The quantitative estimate of drug-likeness (QED) is 0.828. The van der Waals surface area contributed by atoms with Gasteiger partial charge < -0.3 is 10.5 Å². The molecule has 0 aliphatic rings. The van der Waals surface area contributed by atoms with Crippen LogP contribution in [0.2, 0.25) is 0 Å². The Hall–Kier alpha value is -2.20. The molecule has 1 unspecified atom stereocenters. The van der Waals surface area contributed by atoms with Gasteiger partial charge in [0, 0.05) is 12.6 Å². The molecular weight excluding hydrogens is 264 g/mol. The molecule has 2 N–H and O–H groups in total. The van der Waals surface area contributed by atoms with Gasteiger partial charge in [0.05, 0.1) is 18.8 Å². The predicted molar refractivity (Wildman–Crippen MR) is 81.7 cm³/mol. The largest absolute Gasteiger partial charge is 0.469 e. The van der Waals surface area contributed by atoms with Crippen LogP contribution in [0.5, 0.6) is 0 Å². The van der Waals surface area contributed by atoms with Gasteiger partial charge in [-0.2, -0.15) is 0 Å². The van der Waals surface area contributed by atoms with Crippen LogP contribution in [0.15, 0.2) is 48.7 Å². The van der Waals surface area contributed by atoms with Crippen molar-refractivity contribution in [3.8, 4) is 0 Å². The Kier molecular flexibility index (Phi) is 5.46. The molecule has 1 aromatic heterocycles. The number of esters is 1. The number of rotatable bonds is 6. The minimum Gasteiger partial charge on any atom is -0.469 e. The van der Waals surface area contributed by atoms with Gasteiger partial charge in [0.1, 0.15) is 0 Å². The first kappa shape index (κ1) is 15.2. The second-order valence-corrected chi connectivity index (χ2v) is 4.90. The highest BCUT2D eigenvalue weighted by Gasteiger charge is 2.09. The van der Waals surface area contributed by atoms with E-state index in [1.54, 1.807) is 6.20 Å². The fourth-order valence-corrected chi connectivity index (χ4v) is 2.16. The number of nitrogens with zero attached hydrogens (tertiary/aromatic N) is 1. The molecule has 1 aromatic carbocycles. The molecule has 2 rings (SSSR count). The molecule has 1 heterocycles. The van der Waals surface area contributed by atoms with Gasteiger partial charge in [-0.15, -0.1) is 0 Å². The summed E-state index contributed by atoms with van der Waals surface area (Å²) in [7, 11) is 1.41. The highest BCUT2D eigenvalue weighted by Crippen LogP contribution is 2.18. The summed E-state index contributed by atoms with van der Waals surface area (Å²) in [6.45, 7) is 0. The first-order chi connectivity index (χ1) is 10.2. The summed E-state index contributed by atoms with van der Waals surface area (Å²) >= 11 is 0. The van der Waals surface area contributed by atoms with Crippen LogP contribution in [-0.4, -0.2) is 18.1 Å². The summed E-state index contributed by atoms with van der Waals surface area (Å²) in [5, 5.41) is 0. The Labute approximate surface area is 125 Å². The first-order valence-electron chi connectivity index (χ1n) is 7.03.